The van der Waals surface area contributed by atoms with Gasteiger partial charge in [0, 0.05) is 38.3 Å². The summed E-state index contributed by atoms with van der Waals surface area (Å²) in [6.45, 7) is 3.13. The van der Waals surface area contributed by atoms with Crippen molar-refractivity contribution in [2.45, 2.75) is 32.7 Å². The number of carbonyl (C=O) groups excluding carboxylic acids is 2. The third-order valence-electron chi connectivity index (χ3n) is 4.96. The number of rotatable bonds is 11. The van der Waals surface area contributed by atoms with E-state index in [1.807, 2.05) is 37.3 Å². The predicted molar refractivity (Wildman–Crippen MR) is 121 cm³/mol. The molecule has 0 atom stereocenters. The van der Waals surface area contributed by atoms with E-state index in [4.69, 9.17) is 9.47 Å². The second kappa shape index (κ2) is 12.0. The first-order valence-electron chi connectivity index (χ1n) is 10.5. The van der Waals surface area contributed by atoms with Crippen molar-refractivity contribution in [1.82, 2.24) is 15.3 Å². The Morgan fingerprint density at radius 2 is 1.68 bits per heavy atom. The maximum Gasteiger partial charge on any atom is 0.268 e. The predicted octanol–water partition coefficient (Wildman–Crippen LogP) is 3.74. The molecular formula is C24H33N3O4. The van der Waals surface area contributed by atoms with Crippen molar-refractivity contribution in [3.05, 3.63) is 59.2 Å². The normalized spacial score (nSPS) is 10.6. The third-order valence-corrected chi connectivity index (χ3v) is 4.96. The molecule has 0 radical (unpaired) electrons. The monoisotopic (exact) mass is 427 g/mol. The lowest BCUT2D eigenvalue weighted by molar-refractivity contribution is 0.0192. The van der Waals surface area contributed by atoms with Gasteiger partial charge in [0.15, 0.2) is 11.5 Å². The minimum Gasteiger partial charge on any atom is -0.493 e. The molecule has 0 heterocycles. The molecule has 0 saturated carbocycles. The van der Waals surface area contributed by atoms with Crippen LogP contribution in [0.4, 0.5) is 0 Å². The number of nitrogens with zero attached hydrogens (tertiary/aromatic N) is 2. The molecular weight excluding hydrogens is 394 g/mol. The van der Waals surface area contributed by atoms with Crippen molar-refractivity contribution in [2.24, 2.45) is 0 Å². The van der Waals surface area contributed by atoms with E-state index in [-0.39, 0.29) is 11.8 Å². The molecule has 0 unspecified atom stereocenters. The summed E-state index contributed by atoms with van der Waals surface area (Å²) in [6, 6.07) is 12.4. The molecule has 0 aliphatic heterocycles. The number of benzene rings is 2. The number of carbonyl (C=O) groups is 2. The van der Waals surface area contributed by atoms with E-state index in [0.29, 0.717) is 35.7 Å². The zero-order valence-corrected chi connectivity index (χ0v) is 19.1. The van der Waals surface area contributed by atoms with Crippen LogP contribution in [0.1, 0.15) is 52.5 Å². The van der Waals surface area contributed by atoms with Crippen LogP contribution >= 0.6 is 0 Å². The van der Waals surface area contributed by atoms with Crippen molar-refractivity contribution in [2.75, 3.05) is 34.9 Å². The molecule has 2 amide bonds. The topological polar surface area (TPSA) is 71.1 Å². The molecule has 0 spiro atoms. The number of hydrogen-bond donors (Lipinski definition) is 1. The van der Waals surface area contributed by atoms with Gasteiger partial charge < -0.3 is 14.8 Å². The highest BCUT2D eigenvalue weighted by atomic mass is 16.5. The zero-order chi connectivity index (χ0) is 22.8. The molecule has 0 saturated heterocycles. The highest BCUT2D eigenvalue weighted by Crippen LogP contribution is 2.27. The Morgan fingerprint density at radius 1 is 0.935 bits per heavy atom. The van der Waals surface area contributed by atoms with E-state index in [1.54, 1.807) is 36.4 Å². The molecule has 2 aromatic carbocycles. The van der Waals surface area contributed by atoms with Gasteiger partial charge >= 0.3 is 0 Å². The van der Waals surface area contributed by atoms with Crippen LogP contribution in [0.25, 0.3) is 0 Å². The first-order chi connectivity index (χ1) is 14.9. The Labute approximate surface area is 184 Å². The lowest BCUT2D eigenvalue weighted by Crippen LogP contribution is -2.42. The van der Waals surface area contributed by atoms with Crippen LogP contribution in [0.15, 0.2) is 42.5 Å². The van der Waals surface area contributed by atoms with Crippen LogP contribution in [-0.2, 0) is 6.54 Å². The van der Waals surface area contributed by atoms with Crippen LogP contribution in [-0.4, -0.2) is 56.7 Å². The molecule has 0 bridgehead atoms. The van der Waals surface area contributed by atoms with E-state index in [1.165, 1.54) is 7.11 Å². The number of hydrazine groups is 1. The second-order valence-corrected chi connectivity index (χ2v) is 7.44. The van der Waals surface area contributed by atoms with E-state index in [0.717, 1.165) is 24.8 Å². The van der Waals surface area contributed by atoms with Gasteiger partial charge in [0.25, 0.3) is 11.8 Å². The van der Waals surface area contributed by atoms with Crippen LogP contribution < -0.4 is 14.8 Å². The summed E-state index contributed by atoms with van der Waals surface area (Å²) < 4.78 is 10.5. The standard InChI is InChI=1S/C24H33N3O4/c1-6-7-8-14-27(26(2)3)24(29)20-11-9-10-18(15-20)17-25-23(28)19-12-13-21(30-4)22(16-19)31-5/h9-13,15-16H,6-8,14,17H2,1-5H3,(H,25,28). The van der Waals surface area contributed by atoms with Gasteiger partial charge in [0.2, 0.25) is 0 Å². The zero-order valence-electron chi connectivity index (χ0n) is 19.1. The first kappa shape index (κ1) is 24.2. The van der Waals surface area contributed by atoms with Crippen LogP contribution in [0.2, 0.25) is 0 Å². The van der Waals surface area contributed by atoms with Crippen molar-refractivity contribution in [3.63, 3.8) is 0 Å². The van der Waals surface area contributed by atoms with Gasteiger partial charge in [-0.1, -0.05) is 31.9 Å². The Kier molecular flexibility index (Phi) is 9.34. The Balaban J connectivity index is 2.06. The van der Waals surface area contributed by atoms with E-state index < -0.39 is 0 Å². The molecule has 2 aromatic rings. The van der Waals surface area contributed by atoms with E-state index in [9.17, 15) is 9.59 Å². The fourth-order valence-electron chi connectivity index (χ4n) is 3.22. The number of unbranched alkanes of at least 4 members (excludes halogenated alkanes) is 2. The van der Waals surface area contributed by atoms with Gasteiger partial charge in [0.05, 0.1) is 14.2 Å². The Hall–Kier alpha value is -3.06. The number of nitrogens with one attached hydrogen (secondary N) is 1. The van der Waals surface area contributed by atoms with Crippen molar-refractivity contribution < 1.29 is 19.1 Å². The molecule has 0 fully saturated rings. The van der Waals surface area contributed by atoms with Crippen molar-refractivity contribution in [1.29, 1.82) is 0 Å². The Morgan fingerprint density at radius 3 is 2.32 bits per heavy atom. The largest absolute Gasteiger partial charge is 0.493 e. The minimum absolute atomic E-state index is 0.0471. The SMILES string of the molecule is CCCCCN(C(=O)c1cccc(CNC(=O)c2ccc(OC)c(OC)c2)c1)N(C)C. The summed E-state index contributed by atoms with van der Waals surface area (Å²) in [5.41, 5.74) is 1.93. The van der Waals surface area contributed by atoms with Gasteiger partial charge in [-0.25, -0.2) is 5.01 Å². The summed E-state index contributed by atoms with van der Waals surface area (Å²) in [5, 5.41) is 6.46. The van der Waals surface area contributed by atoms with Gasteiger partial charge in [-0.2, -0.15) is 0 Å². The highest BCUT2D eigenvalue weighted by molar-refractivity contribution is 5.95. The molecule has 0 aliphatic carbocycles. The fourth-order valence-corrected chi connectivity index (χ4v) is 3.22. The van der Waals surface area contributed by atoms with Crippen LogP contribution in [0, 0.1) is 0 Å². The first-order valence-corrected chi connectivity index (χ1v) is 10.5. The second-order valence-electron chi connectivity index (χ2n) is 7.44. The number of hydrogen-bond acceptors (Lipinski definition) is 5. The summed E-state index contributed by atoms with van der Waals surface area (Å²) >= 11 is 0. The van der Waals surface area contributed by atoms with Gasteiger partial charge in [-0.05, 0) is 42.3 Å². The van der Waals surface area contributed by atoms with Crippen molar-refractivity contribution in [3.8, 4) is 11.5 Å². The lowest BCUT2D eigenvalue weighted by Gasteiger charge is -2.29. The van der Waals surface area contributed by atoms with Gasteiger partial charge in [-0.3, -0.25) is 14.6 Å². The third kappa shape index (κ3) is 6.72. The average Bonchev–Trinajstić information content (AvgIpc) is 2.79. The van der Waals surface area contributed by atoms with Crippen LogP contribution in [0.3, 0.4) is 0 Å². The maximum atomic E-state index is 13.0. The molecule has 168 valence electrons. The average molecular weight is 428 g/mol. The quantitative estimate of drug-likeness (QED) is 0.437. The molecule has 1 N–H and O–H groups in total. The molecule has 7 heteroatoms. The number of methoxy groups -OCH3 is 2. The molecule has 0 aliphatic rings. The molecule has 2 rings (SSSR count). The lowest BCUT2D eigenvalue weighted by atomic mass is 10.1. The van der Waals surface area contributed by atoms with Gasteiger partial charge in [0.1, 0.15) is 0 Å². The molecule has 31 heavy (non-hydrogen) atoms. The maximum absolute atomic E-state index is 13.0. The number of ether oxygens (including phenoxy) is 2. The van der Waals surface area contributed by atoms with Gasteiger partial charge in [-0.15, -0.1) is 0 Å². The van der Waals surface area contributed by atoms with Crippen molar-refractivity contribution >= 4 is 11.8 Å². The summed E-state index contributed by atoms with van der Waals surface area (Å²) in [7, 11) is 6.82. The van der Waals surface area contributed by atoms with E-state index in [2.05, 4.69) is 12.2 Å². The molecule has 7 nitrogen and oxygen atoms in total. The smallest absolute Gasteiger partial charge is 0.268 e. The van der Waals surface area contributed by atoms with Crippen LogP contribution in [0.5, 0.6) is 11.5 Å². The van der Waals surface area contributed by atoms with E-state index >= 15 is 0 Å². The highest BCUT2D eigenvalue weighted by Gasteiger charge is 2.18. The number of amides is 2. The Bertz CT molecular complexity index is 883. The minimum atomic E-state index is -0.229. The summed E-state index contributed by atoms with van der Waals surface area (Å²) in [6.07, 6.45) is 3.14. The summed E-state index contributed by atoms with van der Waals surface area (Å²) in [4.78, 5) is 25.6. The molecule has 0 aromatic heterocycles. The fraction of sp³-hybridized carbons (Fsp3) is 0.417. The summed E-state index contributed by atoms with van der Waals surface area (Å²) in [5.74, 6) is 0.783.